The maximum absolute atomic E-state index is 11.5. The molecule has 1 amide bonds. The summed E-state index contributed by atoms with van der Waals surface area (Å²) in [5, 5.41) is 2.93. The van der Waals surface area contributed by atoms with Gasteiger partial charge in [0.2, 0.25) is 0 Å². The molecule has 0 unspecified atom stereocenters. The second-order valence-corrected chi connectivity index (χ2v) is 7.12. The number of ether oxygens (including phenoxy) is 1. The zero-order valence-electron chi connectivity index (χ0n) is 12.0. The summed E-state index contributed by atoms with van der Waals surface area (Å²) in [5.41, 5.74) is 2.47. The number of aryl methyl sites for hydroxylation is 1. The number of carbonyl (C=O) groups excluding carboxylic acids is 1. The Morgan fingerprint density at radius 3 is 2.70 bits per heavy atom. The van der Waals surface area contributed by atoms with E-state index in [4.69, 9.17) is 4.74 Å². The molecule has 0 saturated carbocycles. The van der Waals surface area contributed by atoms with Gasteiger partial charge in [-0.05, 0) is 52.0 Å². The molecular weight excluding hydrogens is 365 g/mol. The van der Waals surface area contributed by atoms with Crippen LogP contribution in [0.1, 0.15) is 25.0 Å². The fraction of sp³-hybridized carbons (Fsp3) is 0.438. The Hall–Kier alpha value is -1.04. The Morgan fingerprint density at radius 1 is 1.45 bits per heavy atom. The van der Waals surface area contributed by atoms with Crippen LogP contribution < -0.4 is 5.32 Å². The van der Waals surface area contributed by atoms with Gasteiger partial charge in [0.1, 0.15) is 6.10 Å². The number of amides is 1. The summed E-state index contributed by atoms with van der Waals surface area (Å²) >= 11 is 2.28. The fourth-order valence-electron chi connectivity index (χ4n) is 2.55. The summed E-state index contributed by atoms with van der Waals surface area (Å²) in [4.78, 5) is 11.5. The molecule has 3 nitrogen and oxygen atoms in total. The van der Waals surface area contributed by atoms with Gasteiger partial charge in [0.15, 0.2) is 0 Å². The number of halogens is 1. The molecule has 1 heterocycles. The predicted molar refractivity (Wildman–Crippen MR) is 89.0 cm³/mol. The van der Waals surface area contributed by atoms with Gasteiger partial charge in [0, 0.05) is 5.92 Å². The van der Waals surface area contributed by atoms with Gasteiger partial charge in [-0.1, -0.05) is 42.8 Å². The van der Waals surface area contributed by atoms with E-state index >= 15 is 0 Å². The number of benzene rings is 1. The lowest BCUT2D eigenvalue weighted by Gasteiger charge is -2.21. The molecule has 4 heteroatoms. The summed E-state index contributed by atoms with van der Waals surface area (Å²) in [5.74, 6) is 0.210. The Morgan fingerprint density at radius 2 is 2.10 bits per heavy atom. The normalized spacial score (nSPS) is 24.2. The third-order valence-corrected chi connectivity index (χ3v) is 3.89. The van der Waals surface area contributed by atoms with Crippen molar-refractivity contribution < 1.29 is 9.53 Å². The number of nitrogens with one attached hydrogen (secondary N) is 1. The van der Waals surface area contributed by atoms with Crippen LogP contribution in [0.4, 0.5) is 4.79 Å². The molecule has 0 bridgehead atoms. The minimum absolute atomic E-state index is 0.0345. The average Bonchev–Trinajstić information content (AvgIpc) is 2.72. The number of hydrogen-bond acceptors (Lipinski definition) is 2. The largest absolute Gasteiger partial charge is 0.443 e. The number of cyclic esters (lactones) is 1. The first-order valence-corrected chi connectivity index (χ1v) is 7.90. The number of hydrogen-bond donors (Lipinski definition) is 1. The van der Waals surface area contributed by atoms with Gasteiger partial charge in [-0.3, -0.25) is 0 Å². The molecule has 0 radical (unpaired) electrons. The van der Waals surface area contributed by atoms with Crippen molar-refractivity contribution in [2.24, 2.45) is 5.92 Å². The van der Waals surface area contributed by atoms with Gasteiger partial charge < -0.3 is 10.1 Å². The molecule has 108 valence electrons. The molecule has 1 aliphatic heterocycles. The number of rotatable bonds is 4. The minimum atomic E-state index is -0.307. The third kappa shape index (κ3) is 3.98. The van der Waals surface area contributed by atoms with Crippen molar-refractivity contribution in [3.63, 3.8) is 0 Å². The van der Waals surface area contributed by atoms with Crippen molar-refractivity contribution in [2.75, 3.05) is 0 Å². The molecule has 0 aliphatic carbocycles. The number of allylic oxidation sites excluding steroid dienone is 1. The molecule has 1 fully saturated rings. The van der Waals surface area contributed by atoms with E-state index in [1.54, 1.807) is 0 Å². The Kier molecular flexibility index (Phi) is 5.07. The monoisotopic (exact) mass is 385 g/mol. The van der Waals surface area contributed by atoms with Crippen molar-refractivity contribution in [3.05, 3.63) is 45.0 Å². The Bertz CT molecular complexity index is 506. The van der Waals surface area contributed by atoms with E-state index in [2.05, 4.69) is 79.0 Å². The quantitative estimate of drug-likeness (QED) is 0.797. The molecule has 1 aromatic rings. The van der Waals surface area contributed by atoms with E-state index in [0.29, 0.717) is 0 Å². The van der Waals surface area contributed by atoms with Crippen LogP contribution in [0.25, 0.3) is 0 Å². The highest BCUT2D eigenvalue weighted by atomic mass is 127. The van der Waals surface area contributed by atoms with Crippen molar-refractivity contribution in [1.82, 2.24) is 5.32 Å². The number of alkyl carbamates (subject to hydrolysis) is 1. The first-order chi connectivity index (χ1) is 9.45. The standard InChI is InChI=1S/C16H20INO2/c1-10-4-6-13(7-5-10)9-14-15(20-16(19)18-14)11(2)8-12(3)17/h4-8,11,14-15H,9H2,1-3H3,(H,18,19)/b12-8+/t11-,14+,15-/m1/s1. The van der Waals surface area contributed by atoms with Crippen molar-refractivity contribution in [3.8, 4) is 0 Å². The smallest absolute Gasteiger partial charge is 0.407 e. The fourth-order valence-corrected chi connectivity index (χ4v) is 3.12. The van der Waals surface area contributed by atoms with Crippen molar-refractivity contribution in [1.29, 1.82) is 0 Å². The van der Waals surface area contributed by atoms with Crippen molar-refractivity contribution in [2.45, 2.75) is 39.3 Å². The molecule has 20 heavy (non-hydrogen) atoms. The second-order valence-electron chi connectivity index (χ2n) is 5.42. The first kappa shape index (κ1) is 15.4. The zero-order chi connectivity index (χ0) is 14.7. The highest BCUT2D eigenvalue weighted by molar-refractivity contribution is 14.1. The first-order valence-electron chi connectivity index (χ1n) is 6.82. The topological polar surface area (TPSA) is 38.3 Å². The van der Waals surface area contributed by atoms with Crippen molar-refractivity contribution >= 4 is 28.7 Å². The van der Waals surface area contributed by atoms with Crippen LogP contribution in [0.15, 0.2) is 33.9 Å². The summed E-state index contributed by atoms with van der Waals surface area (Å²) in [6, 6.07) is 8.45. The maximum atomic E-state index is 11.5. The maximum Gasteiger partial charge on any atom is 0.407 e. The lowest BCUT2D eigenvalue weighted by molar-refractivity contribution is 0.110. The zero-order valence-corrected chi connectivity index (χ0v) is 14.2. The van der Waals surface area contributed by atoms with Crippen LogP contribution in [0.3, 0.4) is 0 Å². The summed E-state index contributed by atoms with van der Waals surface area (Å²) in [6.07, 6.45) is 2.54. The predicted octanol–water partition coefficient (Wildman–Crippen LogP) is 3.99. The SMILES string of the molecule is C/C(I)=C\[C@@H](C)[C@H]1OC(=O)N[C@H]1Cc1ccc(C)cc1. The molecule has 0 aromatic heterocycles. The molecule has 0 spiro atoms. The molecule has 1 aliphatic rings. The van der Waals surface area contributed by atoms with Crippen LogP contribution in [0.2, 0.25) is 0 Å². The molecule has 1 N–H and O–H groups in total. The van der Waals surface area contributed by atoms with Gasteiger partial charge in [-0.25, -0.2) is 4.79 Å². The number of carbonyl (C=O) groups is 1. The van der Waals surface area contributed by atoms with E-state index in [1.807, 2.05) is 0 Å². The van der Waals surface area contributed by atoms with Crippen LogP contribution in [0.5, 0.6) is 0 Å². The van der Waals surface area contributed by atoms with E-state index < -0.39 is 0 Å². The summed E-state index contributed by atoms with van der Waals surface area (Å²) in [7, 11) is 0. The lowest BCUT2D eigenvalue weighted by Crippen LogP contribution is -2.36. The average molecular weight is 385 g/mol. The van der Waals surface area contributed by atoms with Gasteiger partial charge >= 0.3 is 6.09 Å². The van der Waals surface area contributed by atoms with Crippen LogP contribution >= 0.6 is 22.6 Å². The molecule has 1 aromatic carbocycles. The van der Waals surface area contributed by atoms with E-state index in [0.717, 1.165) is 6.42 Å². The van der Waals surface area contributed by atoms with Crippen LogP contribution in [0, 0.1) is 12.8 Å². The van der Waals surface area contributed by atoms with E-state index in [1.165, 1.54) is 14.7 Å². The van der Waals surface area contributed by atoms with E-state index in [9.17, 15) is 4.79 Å². The molecule has 2 rings (SSSR count). The lowest BCUT2D eigenvalue weighted by atomic mass is 9.93. The summed E-state index contributed by atoms with van der Waals surface area (Å²) < 4.78 is 6.65. The minimum Gasteiger partial charge on any atom is -0.443 e. The second kappa shape index (κ2) is 6.61. The van der Waals surface area contributed by atoms with Gasteiger partial charge in [0.25, 0.3) is 0 Å². The van der Waals surface area contributed by atoms with Gasteiger partial charge in [-0.15, -0.1) is 0 Å². The van der Waals surface area contributed by atoms with Gasteiger partial charge in [-0.2, -0.15) is 0 Å². The molecular formula is C16H20INO2. The molecule has 1 saturated heterocycles. The highest BCUT2D eigenvalue weighted by Crippen LogP contribution is 2.24. The Labute approximate surface area is 133 Å². The van der Waals surface area contributed by atoms with E-state index in [-0.39, 0.29) is 24.2 Å². The Balaban J connectivity index is 2.10. The van der Waals surface area contributed by atoms with Gasteiger partial charge in [0.05, 0.1) is 6.04 Å². The van der Waals surface area contributed by atoms with Crippen LogP contribution in [-0.4, -0.2) is 18.2 Å². The van der Waals surface area contributed by atoms with Crippen LogP contribution in [-0.2, 0) is 11.2 Å². The summed E-state index contributed by atoms with van der Waals surface area (Å²) in [6.45, 7) is 6.22. The third-order valence-electron chi connectivity index (χ3n) is 3.53. The highest BCUT2D eigenvalue weighted by Gasteiger charge is 2.36. The molecule has 3 atom stereocenters.